The summed E-state index contributed by atoms with van der Waals surface area (Å²) in [5.41, 5.74) is 6.27. The summed E-state index contributed by atoms with van der Waals surface area (Å²) in [6.45, 7) is 1.91. The smallest absolute Gasteiger partial charge is 0.307 e. The Kier molecular flexibility index (Phi) is 2.14. The number of hydrogen-bond acceptors (Lipinski definition) is 3. The van der Waals surface area contributed by atoms with E-state index in [0.29, 0.717) is 5.00 Å². The Morgan fingerprint density at radius 3 is 2.82 bits per heavy atom. The number of anilines is 1. The molecular weight excluding hydrogens is 162 g/mol. The summed E-state index contributed by atoms with van der Waals surface area (Å²) in [4.78, 5) is 11.3. The predicted octanol–water partition coefficient (Wildman–Crippen LogP) is 1.27. The van der Waals surface area contributed by atoms with Gasteiger partial charge >= 0.3 is 5.97 Å². The van der Waals surface area contributed by atoms with Crippen molar-refractivity contribution in [3.05, 3.63) is 16.5 Å². The van der Waals surface area contributed by atoms with Crippen molar-refractivity contribution in [1.29, 1.82) is 0 Å². The van der Waals surface area contributed by atoms with E-state index >= 15 is 0 Å². The molecule has 4 heteroatoms. The molecule has 0 aliphatic rings. The second-order valence-electron chi connectivity index (χ2n) is 2.32. The Morgan fingerprint density at radius 2 is 2.45 bits per heavy atom. The average molecular weight is 171 g/mol. The lowest BCUT2D eigenvalue weighted by atomic mass is 10.2. The van der Waals surface area contributed by atoms with Gasteiger partial charge in [-0.15, -0.1) is 11.3 Å². The highest BCUT2D eigenvalue weighted by Crippen LogP contribution is 2.24. The molecule has 0 saturated heterocycles. The molecule has 0 aromatic carbocycles. The van der Waals surface area contributed by atoms with E-state index in [2.05, 4.69) is 0 Å². The van der Waals surface area contributed by atoms with Crippen molar-refractivity contribution in [3.63, 3.8) is 0 Å². The highest BCUT2D eigenvalue weighted by atomic mass is 32.1. The maximum Gasteiger partial charge on any atom is 0.307 e. The van der Waals surface area contributed by atoms with Crippen molar-refractivity contribution in [2.75, 3.05) is 5.73 Å². The number of nitrogen functional groups attached to an aromatic ring is 1. The minimum Gasteiger partial charge on any atom is -0.481 e. The molecule has 0 bridgehead atoms. The number of thiophene rings is 1. The first-order chi connectivity index (χ1) is 5.09. The topological polar surface area (TPSA) is 63.3 Å². The summed E-state index contributed by atoms with van der Waals surface area (Å²) in [7, 11) is 0. The van der Waals surface area contributed by atoms with E-state index in [1.807, 2.05) is 13.0 Å². The molecular formula is C7H9NO2S. The van der Waals surface area contributed by atoms with E-state index in [-0.39, 0.29) is 6.42 Å². The van der Waals surface area contributed by atoms with Crippen molar-refractivity contribution < 1.29 is 9.90 Å². The molecule has 0 fully saturated rings. The lowest BCUT2D eigenvalue weighted by Gasteiger charge is -1.91. The van der Waals surface area contributed by atoms with Crippen LogP contribution in [0.15, 0.2) is 6.07 Å². The zero-order chi connectivity index (χ0) is 8.43. The molecule has 0 saturated carbocycles. The van der Waals surface area contributed by atoms with Crippen LogP contribution in [0.1, 0.15) is 10.4 Å². The molecule has 0 aliphatic heterocycles. The van der Waals surface area contributed by atoms with Gasteiger partial charge in [-0.25, -0.2) is 0 Å². The van der Waals surface area contributed by atoms with Crippen LogP contribution in [0.3, 0.4) is 0 Å². The number of aliphatic carboxylic acids is 1. The van der Waals surface area contributed by atoms with Gasteiger partial charge in [0.1, 0.15) is 0 Å². The first-order valence-corrected chi connectivity index (χ1v) is 3.98. The van der Waals surface area contributed by atoms with E-state index in [1.54, 1.807) is 0 Å². The molecule has 0 unspecified atom stereocenters. The first-order valence-electron chi connectivity index (χ1n) is 3.16. The predicted molar refractivity (Wildman–Crippen MR) is 44.8 cm³/mol. The highest BCUT2D eigenvalue weighted by molar-refractivity contribution is 7.16. The summed E-state index contributed by atoms with van der Waals surface area (Å²) >= 11 is 1.43. The Bertz CT molecular complexity index is 280. The largest absolute Gasteiger partial charge is 0.481 e. The van der Waals surface area contributed by atoms with Crippen molar-refractivity contribution in [2.24, 2.45) is 0 Å². The average Bonchev–Trinajstić information content (AvgIpc) is 2.09. The Balaban J connectivity index is 2.85. The molecule has 1 heterocycles. The monoisotopic (exact) mass is 171 g/mol. The Hall–Kier alpha value is -1.03. The summed E-state index contributed by atoms with van der Waals surface area (Å²) in [6.07, 6.45) is 0.0240. The summed E-state index contributed by atoms with van der Waals surface area (Å²) < 4.78 is 0. The van der Waals surface area contributed by atoms with Crippen LogP contribution in [0.4, 0.5) is 5.00 Å². The van der Waals surface area contributed by atoms with Gasteiger partial charge in [-0.05, 0) is 18.6 Å². The molecule has 60 valence electrons. The van der Waals surface area contributed by atoms with Gasteiger partial charge in [-0.2, -0.15) is 0 Å². The van der Waals surface area contributed by atoms with Crippen molar-refractivity contribution in [2.45, 2.75) is 13.3 Å². The van der Waals surface area contributed by atoms with Gasteiger partial charge in [0, 0.05) is 4.88 Å². The van der Waals surface area contributed by atoms with Crippen molar-refractivity contribution >= 4 is 22.3 Å². The number of carboxylic acids is 1. The van der Waals surface area contributed by atoms with Gasteiger partial charge in [-0.1, -0.05) is 0 Å². The second kappa shape index (κ2) is 2.92. The fourth-order valence-corrected chi connectivity index (χ4v) is 1.70. The zero-order valence-corrected chi connectivity index (χ0v) is 6.94. The molecule has 0 aliphatic carbocycles. The molecule has 0 spiro atoms. The molecule has 1 aromatic rings. The third-order valence-electron chi connectivity index (χ3n) is 1.31. The number of carboxylic acid groups (broad SMARTS) is 1. The number of rotatable bonds is 2. The van der Waals surface area contributed by atoms with Crippen LogP contribution in [0.5, 0.6) is 0 Å². The number of nitrogens with two attached hydrogens (primary N) is 1. The van der Waals surface area contributed by atoms with E-state index < -0.39 is 5.97 Å². The molecule has 0 amide bonds. The van der Waals surface area contributed by atoms with E-state index in [1.165, 1.54) is 11.3 Å². The molecule has 3 nitrogen and oxygen atoms in total. The number of aryl methyl sites for hydroxylation is 1. The van der Waals surface area contributed by atoms with Gasteiger partial charge in [0.05, 0.1) is 11.4 Å². The third kappa shape index (κ3) is 1.94. The third-order valence-corrected chi connectivity index (χ3v) is 2.23. The van der Waals surface area contributed by atoms with Crippen molar-refractivity contribution in [1.82, 2.24) is 0 Å². The molecule has 3 N–H and O–H groups in total. The van der Waals surface area contributed by atoms with Crippen LogP contribution in [0, 0.1) is 6.92 Å². The van der Waals surface area contributed by atoms with Crippen LogP contribution in [0.25, 0.3) is 0 Å². The van der Waals surface area contributed by atoms with Crippen LogP contribution in [-0.4, -0.2) is 11.1 Å². The van der Waals surface area contributed by atoms with E-state index in [4.69, 9.17) is 10.8 Å². The molecule has 0 radical (unpaired) electrons. The van der Waals surface area contributed by atoms with Crippen LogP contribution < -0.4 is 5.73 Å². The highest BCUT2D eigenvalue weighted by Gasteiger charge is 2.06. The second-order valence-corrected chi connectivity index (χ2v) is 3.60. The van der Waals surface area contributed by atoms with Gasteiger partial charge in [0.25, 0.3) is 0 Å². The Morgan fingerprint density at radius 1 is 1.82 bits per heavy atom. The van der Waals surface area contributed by atoms with E-state index in [9.17, 15) is 4.79 Å². The number of carbonyl (C=O) groups is 1. The van der Waals surface area contributed by atoms with Crippen LogP contribution in [-0.2, 0) is 11.2 Å². The maximum atomic E-state index is 10.3. The molecule has 1 rings (SSSR count). The van der Waals surface area contributed by atoms with Gasteiger partial charge in [-0.3, -0.25) is 4.79 Å². The van der Waals surface area contributed by atoms with Crippen LogP contribution in [0.2, 0.25) is 0 Å². The fraction of sp³-hybridized carbons (Fsp3) is 0.286. The van der Waals surface area contributed by atoms with Crippen molar-refractivity contribution in [3.8, 4) is 0 Å². The minimum atomic E-state index is -0.838. The van der Waals surface area contributed by atoms with Gasteiger partial charge < -0.3 is 10.8 Å². The van der Waals surface area contributed by atoms with Crippen LogP contribution >= 0.6 is 11.3 Å². The van der Waals surface area contributed by atoms with E-state index in [0.717, 1.165) is 10.4 Å². The summed E-state index contributed by atoms with van der Waals surface area (Å²) in [5, 5.41) is 9.07. The number of hydrogen-bond donors (Lipinski definition) is 2. The summed E-state index contributed by atoms with van der Waals surface area (Å²) in [5.74, 6) is -0.838. The lowest BCUT2D eigenvalue weighted by Crippen LogP contribution is -2.00. The normalized spacial score (nSPS) is 9.91. The fourth-order valence-electron chi connectivity index (χ4n) is 0.886. The van der Waals surface area contributed by atoms with Gasteiger partial charge in [0.2, 0.25) is 0 Å². The first kappa shape index (κ1) is 8.07. The maximum absolute atomic E-state index is 10.3. The minimum absolute atomic E-state index is 0.0240. The SMILES string of the molecule is Cc1cc(CC(=O)O)c(N)s1. The molecule has 1 aromatic heterocycles. The quantitative estimate of drug-likeness (QED) is 0.704. The lowest BCUT2D eigenvalue weighted by molar-refractivity contribution is -0.136. The standard InChI is InChI=1S/C7H9NO2S/c1-4-2-5(3-6(9)10)7(8)11-4/h2H,3,8H2,1H3,(H,9,10). The summed E-state index contributed by atoms with van der Waals surface area (Å²) in [6, 6.07) is 1.81. The molecule has 11 heavy (non-hydrogen) atoms. The molecule has 0 atom stereocenters. The Labute approximate surface area is 68.5 Å². The van der Waals surface area contributed by atoms with Gasteiger partial charge in [0.15, 0.2) is 0 Å². The zero-order valence-electron chi connectivity index (χ0n) is 6.13.